The molecule has 0 spiro atoms. The van der Waals surface area contributed by atoms with Gasteiger partial charge in [0.1, 0.15) is 5.75 Å². The molecule has 0 radical (unpaired) electrons. The molecule has 3 aromatic carbocycles. The Morgan fingerprint density at radius 2 is 1.52 bits per heavy atom. The van der Waals surface area contributed by atoms with E-state index in [0.717, 1.165) is 11.4 Å². The van der Waals surface area contributed by atoms with Gasteiger partial charge in [-0.2, -0.15) is 0 Å². The monoisotopic (exact) mass is 352 g/mol. The summed E-state index contributed by atoms with van der Waals surface area (Å²) in [6.45, 7) is 0. The molecule has 126 valence electrons. The Hall–Kier alpha value is -2.98. The highest BCUT2D eigenvalue weighted by molar-refractivity contribution is 6.33. The van der Waals surface area contributed by atoms with Crippen molar-refractivity contribution in [3.63, 3.8) is 0 Å². The number of benzene rings is 3. The van der Waals surface area contributed by atoms with Gasteiger partial charge in [0, 0.05) is 16.9 Å². The fourth-order valence-electron chi connectivity index (χ4n) is 2.30. The van der Waals surface area contributed by atoms with Crippen LogP contribution in [0.4, 0.5) is 17.1 Å². The van der Waals surface area contributed by atoms with E-state index in [1.54, 1.807) is 31.4 Å². The van der Waals surface area contributed by atoms with E-state index in [1.165, 1.54) is 0 Å². The molecule has 5 heteroatoms. The van der Waals surface area contributed by atoms with Gasteiger partial charge in [-0.15, -0.1) is 0 Å². The predicted octanol–water partition coefficient (Wildman–Crippen LogP) is 5.34. The van der Waals surface area contributed by atoms with Gasteiger partial charge in [0.2, 0.25) is 0 Å². The second-order valence-corrected chi connectivity index (χ2v) is 5.77. The van der Waals surface area contributed by atoms with E-state index in [1.807, 2.05) is 48.5 Å². The third-order valence-corrected chi connectivity index (χ3v) is 3.98. The Balaban J connectivity index is 1.65. The summed E-state index contributed by atoms with van der Waals surface area (Å²) in [6, 6.07) is 21.9. The molecule has 3 rings (SSSR count). The number of anilines is 3. The number of rotatable bonds is 5. The number of methoxy groups -OCH3 is 1. The molecule has 0 saturated heterocycles. The molecule has 0 bridgehead atoms. The molecule has 0 aliphatic heterocycles. The summed E-state index contributed by atoms with van der Waals surface area (Å²) in [4.78, 5) is 12.2. The number of amides is 1. The smallest absolute Gasteiger partial charge is 0.255 e. The minimum absolute atomic E-state index is 0.172. The van der Waals surface area contributed by atoms with Crippen molar-refractivity contribution in [1.82, 2.24) is 0 Å². The van der Waals surface area contributed by atoms with Crippen molar-refractivity contribution < 1.29 is 9.53 Å². The molecular weight excluding hydrogens is 336 g/mol. The van der Waals surface area contributed by atoms with Crippen molar-refractivity contribution in [2.75, 3.05) is 17.7 Å². The fraction of sp³-hybridized carbons (Fsp3) is 0.0500. The van der Waals surface area contributed by atoms with Crippen LogP contribution >= 0.6 is 11.6 Å². The second-order valence-electron chi connectivity index (χ2n) is 5.36. The minimum Gasteiger partial charge on any atom is -0.497 e. The number of para-hydroxylation sites is 1. The molecule has 25 heavy (non-hydrogen) atoms. The molecule has 0 aliphatic rings. The lowest BCUT2D eigenvalue weighted by Gasteiger charge is -2.10. The molecule has 0 aliphatic carbocycles. The van der Waals surface area contributed by atoms with Crippen molar-refractivity contribution in [1.29, 1.82) is 0 Å². The molecular formula is C20H17ClN2O2. The SMILES string of the molecule is COc1ccc(C(=O)Nc2ccc(Nc3ccccc3Cl)cc2)cc1. The molecule has 0 heterocycles. The van der Waals surface area contributed by atoms with E-state index in [0.29, 0.717) is 22.0 Å². The number of nitrogens with one attached hydrogen (secondary N) is 2. The lowest BCUT2D eigenvalue weighted by Crippen LogP contribution is -2.11. The van der Waals surface area contributed by atoms with Crippen molar-refractivity contribution >= 4 is 34.6 Å². The van der Waals surface area contributed by atoms with Crippen LogP contribution in [-0.4, -0.2) is 13.0 Å². The number of carbonyl (C=O) groups excluding carboxylic acids is 1. The second kappa shape index (κ2) is 7.73. The molecule has 0 fully saturated rings. The quantitative estimate of drug-likeness (QED) is 0.651. The lowest BCUT2D eigenvalue weighted by atomic mass is 10.2. The average Bonchev–Trinajstić information content (AvgIpc) is 2.65. The Morgan fingerprint density at radius 3 is 2.16 bits per heavy atom. The minimum atomic E-state index is -0.172. The summed E-state index contributed by atoms with van der Waals surface area (Å²) >= 11 is 6.14. The number of halogens is 1. The number of ether oxygens (including phenoxy) is 1. The zero-order valence-electron chi connectivity index (χ0n) is 13.6. The molecule has 0 atom stereocenters. The van der Waals surface area contributed by atoms with Gasteiger partial charge >= 0.3 is 0 Å². The van der Waals surface area contributed by atoms with Crippen LogP contribution < -0.4 is 15.4 Å². The van der Waals surface area contributed by atoms with E-state index in [-0.39, 0.29) is 5.91 Å². The number of hydrogen-bond donors (Lipinski definition) is 2. The third kappa shape index (κ3) is 4.31. The zero-order chi connectivity index (χ0) is 17.6. The maximum atomic E-state index is 12.2. The summed E-state index contributed by atoms with van der Waals surface area (Å²) in [5.41, 5.74) is 3.00. The lowest BCUT2D eigenvalue weighted by molar-refractivity contribution is 0.102. The highest BCUT2D eigenvalue weighted by Crippen LogP contribution is 2.25. The molecule has 3 aromatic rings. The topological polar surface area (TPSA) is 50.4 Å². The number of carbonyl (C=O) groups is 1. The Bertz CT molecular complexity index is 862. The normalized spacial score (nSPS) is 10.2. The molecule has 4 nitrogen and oxygen atoms in total. The van der Waals surface area contributed by atoms with Crippen molar-refractivity contribution in [3.05, 3.63) is 83.4 Å². The summed E-state index contributed by atoms with van der Waals surface area (Å²) in [7, 11) is 1.59. The summed E-state index contributed by atoms with van der Waals surface area (Å²) in [5, 5.41) is 6.76. The van der Waals surface area contributed by atoms with Crippen molar-refractivity contribution in [3.8, 4) is 5.75 Å². The fourth-order valence-corrected chi connectivity index (χ4v) is 2.48. The van der Waals surface area contributed by atoms with Gasteiger partial charge in [0.25, 0.3) is 5.91 Å². The van der Waals surface area contributed by atoms with Crippen LogP contribution in [-0.2, 0) is 0 Å². The van der Waals surface area contributed by atoms with Gasteiger partial charge in [-0.25, -0.2) is 0 Å². The largest absolute Gasteiger partial charge is 0.497 e. The summed E-state index contributed by atoms with van der Waals surface area (Å²) < 4.78 is 5.09. The van der Waals surface area contributed by atoms with Crippen LogP contribution in [0.15, 0.2) is 72.8 Å². The van der Waals surface area contributed by atoms with Gasteiger partial charge in [0.05, 0.1) is 17.8 Å². The van der Waals surface area contributed by atoms with E-state index in [4.69, 9.17) is 16.3 Å². The van der Waals surface area contributed by atoms with Crippen LogP contribution in [0.1, 0.15) is 10.4 Å². The molecule has 0 saturated carbocycles. The first-order valence-electron chi connectivity index (χ1n) is 7.73. The summed E-state index contributed by atoms with van der Waals surface area (Å²) in [5.74, 6) is 0.543. The van der Waals surface area contributed by atoms with Crippen LogP contribution in [0, 0.1) is 0 Å². The maximum Gasteiger partial charge on any atom is 0.255 e. The van der Waals surface area contributed by atoms with Crippen LogP contribution in [0.3, 0.4) is 0 Å². The van der Waals surface area contributed by atoms with E-state index in [9.17, 15) is 4.79 Å². The Labute approximate surface area is 151 Å². The molecule has 0 unspecified atom stereocenters. The van der Waals surface area contributed by atoms with Gasteiger partial charge in [0.15, 0.2) is 0 Å². The molecule has 1 amide bonds. The zero-order valence-corrected chi connectivity index (χ0v) is 14.4. The standard InChI is InChI=1S/C20H17ClN2O2/c1-25-17-12-6-14(7-13-17)20(24)23-16-10-8-15(9-11-16)22-19-5-3-2-4-18(19)21/h2-13,22H,1H3,(H,23,24). The van der Waals surface area contributed by atoms with Gasteiger partial charge < -0.3 is 15.4 Å². The van der Waals surface area contributed by atoms with Crippen LogP contribution in [0.5, 0.6) is 5.75 Å². The first-order valence-corrected chi connectivity index (χ1v) is 8.10. The summed E-state index contributed by atoms with van der Waals surface area (Å²) in [6.07, 6.45) is 0. The van der Waals surface area contributed by atoms with Crippen molar-refractivity contribution in [2.24, 2.45) is 0 Å². The average molecular weight is 353 g/mol. The van der Waals surface area contributed by atoms with Gasteiger partial charge in [-0.3, -0.25) is 4.79 Å². The Morgan fingerprint density at radius 1 is 0.880 bits per heavy atom. The van der Waals surface area contributed by atoms with Gasteiger partial charge in [-0.1, -0.05) is 23.7 Å². The van der Waals surface area contributed by atoms with E-state index >= 15 is 0 Å². The molecule has 2 N–H and O–H groups in total. The number of hydrogen-bond acceptors (Lipinski definition) is 3. The van der Waals surface area contributed by atoms with E-state index < -0.39 is 0 Å². The Kier molecular flexibility index (Phi) is 5.21. The molecule has 0 aromatic heterocycles. The first kappa shape index (κ1) is 16.9. The van der Waals surface area contributed by atoms with E-state index in [2.05, 4.69) is 10.6 Å². The predicted molar refractivity (Wildman–Crippen MR) is 102 cm³/mol. The first-order chi connectivity index (χ1) is 12.2. The highest BCUT2D eigenvalue weighted by Gasteiger charge is 2.06. The third-order valence-electron chi connectivity index (χ3n) is 3.65. The van der Waals surface area contributed by atoms with Crippen molar-refractivity contribution in [2.45, 2.75) is 0 Å². The van der Waals surface area contributed by atoms with Crippen LogP contribution in [0.2, 0.25) is 5.02 Å². The highest BCUT2D eigenvalue weighted by atomic mass is 35.5. The van der Waals surface area contributed by atoms with Crippen LogP contribution in [0.25, 0.3) is 0 Å². The maximum absolute atomic E-state index is 12.2. The van der Waals surface area contributed by atoms with Gasteiger partial charge in [-0.05, 0) is 60.7 Å².